The van der Waals surface area contributed by atoms with Gasteiger partial charge < -0.3 is 4.74 Å². The number of ether oxygens (including phenoxy) is 1. The van der Waals surface area contributed by atoms with Gasteiger partial charge in [0, 0.05) is 11.6 Å². The van der Waals surface area contributed by atoms with E-state index >= 15 is 0 Å². The first-order chi connectivity index (χ1) is 6.56. The van der Waals surface area contributed by atoms with Gasteiger partial charge in [0.15, 0.2) is 0 Å². The zero-order valence-electron chi connectivity index (χ0n) is 7.64. The van der Waals surface area contributed by atoms with Gasteiger partial charge in [0.2, 0.25) is 5.85 Å². The van der Waals surface area contributed by atoms with Crippen LogP contribution in [0.1, 0.15) is 5.56 Å². The van der Waals surface area contributed by atoms with Gasteiger partial charge in [-0.3, -0.25) is 11.5 Å². The van der Waals surface area contributed by atoms with Crippen molar-refractivity contribution < 1.29 is 9.53 Å². The van der Waals surface area contributed by atoms with E-state index in [2.05, 4.69) is 6.58 Å². The summed E-state index contributed by atoms with van der Waals surface area (Å²) < 4.78 is 4.77. The summed E-state index contributed by atoms with van der Waals surface area (Å²) in [5, 5.41) is 0. The van der Waals surface area contributed by atoms with Crippen LogP contribution in [-0.2, 0) is 15.4 Å². The number of carbonyl (C=O) groups is 1. The van der Waals surface area contributed by atoms with E-state index in [1.54, 1.807) is 24.3 Å². The highest BCUT2D eigenvalue weighted by Gasteiger charge is 2.25. The summed E-state index contributed by atoms with van der Waals surface area (Å²) in [5.41, 5.74) is 11.7. The molecule has 1 rings (SSSR count). The highest BCUT2D eigenvalue weighted by atomic mass is 16.6. The molecule has 0 aliphatic rings. The van der Waals surface area contributed by atoms with Crippen LogP contribution in [-0.4, -0.2) is 5.97 Å². The minimum atomic E-state index is -1.60. The minimum Gasteiger partial charge on any atom is -0.423 e. The van der Waals surface area contributed by atoms with E-state index < -0.39 is 11.8 Å². The molecule has 0 heterocycles. The molecule has 0 aromatic heterocycles. The molecule has 74 valence electrons. The van der Waals surface area contributed by atoms with E-state index in [-0.39, 0.29) is 0 Å². The second-order valence-electron chi connectivity index (χ2n) is 2.78. The third kappa shape index (κ3) is 2.42. The van der Waals surface area contributed by atoms with Crippen molar-refractivity contribution in [3.8, 4) is 0 Å². The predicted octanol–water partition coefficient (Wildman–Crippen LogP) is 0.443. The maximum absolute atomic E-state index is 10.9. The van der Waals surface area contributed by atoms with Gasteiger partial charge in [0.25, 0.3) is 0 Å². The standard InChI is InChI=1S/C10H12N2O2/c1-2-9(13)14-10(11,12)8-6-4-3-5-7-8/h2-7H,1,11-12H2. The summed E-state index contributed by atoms with van der Waals surface area (Å²) in [6.45, 7) is 3.25. The van der Waals surface area contributed by atoms with Gasteiger partial charge in [-0.25, -0.2) is 4.79 Å². The Morgan fingerprint density at radius 3 is 2.43 bits per heavy atom. The highest BCUT2D eigenvalue weighted by Crippen LogP contribution is 2.13. The maximum Gasteiger partial charge on any atom is 0.333 e. The van der Waals surface area contributed by atoms with E-state index in [1.165, 1.54) is 0 Å². The molecule has 0 aliphatic carbocycles. The van der Waals surface area contributed by atoms with Crippen LogP contribution in [0, 0.1) is 0 Å². The van der Waals surface area contributed by atoms with Crippen LogP contribution >= 0.6 is 0 Å². The summed E-state index contributed by atoms with van der Waals surface area (Å²) in [5.74, 6) is -2.26. The van der Waals surface area contributed by atoms with E-state index in [0.29, 0.717) is 5.56 Å². The predicted molar refractivity (Wildman–Crippen MR) is 52.8 cm³/mol. The van der Waals surface area contributed by atoms with Crippen molar-refractivity contribution in [2.45, 2.75) is 5.85 Å². The van der Waals surface area contributed by atoms with Crippen molar-refractivity contribution in [3.05, 3.63) is 48.6 Å². The molecule has 0 fully saturated rings. The van der Waals surface area contributed by atoms with Crippen LogP contribution in [0.4, 0.5) is 0 Å². The second kappa shape index (κ2) is 4.04. The van der Waals surface area contributed by atoms with Gasteiger partial charge in [-0.05, 0) is 0 Å². The average Bonchev–Trinajstić information content (AvgIpc) is 2.18. The molecule has 0 saturated heterocycles. The molecule has 0 unspecified atom stereocenters. The number of hydrogen-bond acceptors (Lipinski definition) is 4. The summed E-state index contributed by atoms with van der Waals surface area (Å²) in [6.07, 6.45) is 1.01. The van der Waals surface area contributed by atoms with Gasteiger partial charge in [-0.1, -0.05) is 36.9 Å². The molecule has 4 nitrogen and oxygen atoms in total. The normalized spacial score (nSPS) is 10.7. The molecule has 1 aromatic carbocycles. The van der Waals surface area contributed by atoms with Crippen molar-refractivity contribution in [1.82, 2.24) is 0 Å². The Balaban J connectivity index is 2.85. The topological polar surface area (TPSA) is 78.3 Å². The Hall–Kier alpha value is -1.65. The zero-order chi connectivity index (χ0) is 10.6. The van der Waals surface area contributed by atoms with Crippen molar-refractivity contribution in [2.75, 3.05) is 0 Å². The fourth-order valence-corrected chi connectivity index (χ4v) is 0.966. The molecule has 0 aliphatic heterocycles. The fraction of sp³-hybridized carbons (Fsp3) is 0.100. The van der Waals surface area contributed by atoms with Gasteiger partial charge in [-0.15, -0.1) is 0 Å². The van der Waals surface area contributed by atoms with E-state index in [4.69, 9.17) is 16.2 Å². The molecule has 4 N–H and O–H groups in total. The zero-order valence-corrected chi connectivity index (χ0v) is 7.64. The summed E-state index contributed by atoms with van der Waals surface area (Å²) in [6, 6.07) is 8.68. The van der Waals surface area contributed by atoms with Crippen molar-refractivity contribution in [1.29, 1.82) is 0 Å². The Morgan fingerprint density at radius 2 is 1.93 bits per heavy atom. The first-order valence-electron chi connectivity index (χ1n) is 4.05. The quantitative estimate of drug-likeness (QED) is 0.414. The molecular weight excluding hydrogens is 180 g/mol. The van der Waals surface area contributed by atoms with Gasteiger partial charge in [-0.2, -0.15) is 0 Å². The summed E-state index contributed by atoms with van der Waals surface area (Å²) in [4.78, 5) is 10.9. The SMILES string of the molecule is C=CC(=O)OC(N)(N)c1ccccc1. The molecule has 0 bridgehead atoms. The van der Waals surface area contributed by atoms with E-state index in [0.717, 1.165) is 6.08 Å². The third-order valence-electron chi connectivity index (χ3n) is 1.66. The van der Waals surface area contributed by atoms with Crippen LogP contribution in [0.25, 0.3) is 0 Å². The Morgan fingerprint density at radius 1 is 1.36 bits per heavy atom. The average molecular weight is 192 g/mol. The van der Waals surface area contributed by atoms with Crippen LogP contribution in [0.3, 0.4) is 0 Å². The highest BCUT2D eigenvalue weighted by molar-refractivity contribution is 5.81. The van der Waals surface area contributed by atoms with Gasteiger partial charge in [0.05, 0.1) is 0 Å². The number of nitrogens with two attached hydrogens (primary N) is 2. The van der Waals surface area contributed by atoms with Gasteiger partial charge in [0.1, 0.15) is 0 Å². The molecule has 14 heavy (non-hydrogen) atoms. The molecule has 1 aromatic rings. The largest absolute Gasteiger partial charge is 0.423 e. The van der Waals surface area contributed by atoms with Crippen LogP contribution < -0.4 is 11.5 Å². The summed E-state index contributed by atoms with van der Waals surface area (Å²) in [7, 11) is 0. The van der Waals surface area contributed by atoms with E-state index in [1.807, 2.05) is 6.07 Å². The first-order valence-corrected chi connectivity index (χ1v) is 4.05. The van der Waals surface area contributed by atoms with Crippen molar-refractivity contribution >= 4 is 5.97 Å². The Labute approximate surface area is 82.2 Å². The van der Waals surface area contributed by atoms with Crippen LogP contribution in [0.5, 0.6) is 0 Å². The molecule has 0 radical (unpaired) electrons. The summed E-state index contributed by atoms with van der Waals surface area (Å²) >= 11 is 0. The third-order valence-corrected chi connectivity index (χ3v) is 1.66. The van der Waals surface area contributed by atoms with Gasteiger partial charge >= 0.3 is 5.97 Å². The lowest BCUT2D eigenvalue weighted by Crippen LogP contribution is -2.49. The lowest BCUT2D eigenvalue weighted by atomic mass is 10.1. The smallest absolute Gasteiger partial charge is 0.333 e. The Bertz CT molecular complexity index is 333. The monoisotopic (exact) mass is 192 g/mol. The lowest BCUT2D eigenvalue weighted by molar-refractivity contribution is -0.153. The number of hydrogen-bond donors (Lipinski definition) is 2. The Kier molecular flexibility index (Phi) is 3.01. The lowest BCUT2D eigenvalue weighted by Gasteiger charge is -2.23. The number of carbonyl (C=O) groups excluding carboxylic acids is 1. The van der Waals surface area contributed by atoms with E-state index in [9.17, 15) is 4.79 Å². The number of rotatable bonds is 3. The fourth-order valence-electron chi connectivity index (χ4n) is 0.966. The molecule has 0 saturated carbocycles. The first kappa shape index (κ1) is 10.4. The molecule has 0 spiro atoms. The molecular formula is C10H12N2O2. The number of benzene rings is 1. The van der Waals surface area contributed by atoms with Crippen LogP contribution in [0.2, 0.25) is 0 Å². The second-order valence-corrected chi connectivity index (χ2v) is 2.78. The maximum atomic E-state index is 10.9. The molecule has 4 heteroatoms. The molecule has 0 atom stereocenters. The van der Waals surface area contributed by atoms with Crippen molar-refractivity contribution in [2.24, 2.45) is 11.5 Å². The van der Waals surface area contributed by atoms with Crippen molar-refractivity contribution in [3.63, 3.8) is 0 Å². The van der Waals surface area contributed by atoms with Crippen LogP contribution in [0.15, 0.2) is 43.0 Å². The molecule has 0 amide bonds. The minimum absolute atomic E-state index is 0.523. The number of esters is 1.